The lowest BCUT2D eigenvalue weighted by Gasteiger charge is -2.14. The highest BCUT2D eigenvalue weighted by Gasteiger charge is 2.17. The molecule has 118 valence electrons. The van der Waals surface area contributed by atoms with E-state index in [9.17, 15) is 4.79 Å². The zero-order chi connectivity index (χ0) is 16.7. The van der Waals surface area contributed by atoms with Gasteiger partial charge in [0, 0.05) is 31.2 Å². The predicted octanol–water partition coefficient (Wildman–Crippen LogP) is 3.86. The van der Waals surface area contributed by atoms with Crippen molar-refractivity contribution in [3.05, 3.63) is 72.6 Å². The number of fused-ring (bicyclic) bond motifs is 3. The fourth-order valence-corrected chi connectivity index (χ4v) is 3.04. The van der Waals surface area contributed by atoms with Gasteiger partial charge in [0.15, 0.2) is 0 Å². The first-order chi connectivity index (χ1) is 11.7. The Balaban J connectivity index is 2.09. The van der Waals surface area contributed by atoms with Crippen LogP contribution in [0.5, 0.6) is 0 Å². The molecule has 0 aliphatic carbocycles. The molecule has 0 fully saturated rings. The average molecular weight is 315 g/mol. The summed E-state index contributed by atoms with van der Waals surface area (Å²) in [6.45, 7) is 0. The summed E-state index contributed by atoms with van der Waals surface area (Å²) in [6.07, 6.45) is 3.77. The largest absolute Gasteiger partial charge is 0.345 e. The number of hydrogen-bond acceptors (Lipinski definition) is 2. The molecular formula is C20H17N3O. The maximum atomic E-state index is 12.7. The van der Waals surface area contributed by atoms with E-state index >= 15 is 0 Å². The third-order valence-electron chi connectivity index (χ3n) is 4.22. The van der Waals surface area contributed by atoms with Gasteiger partial charge in [-0.05, 0) is 5.39 Å². The molecular weight excluding hydrogens is 298 g/mol. The van der Waals surface area contributed by atoms with Crippen molar-refractivity contribution in [1.29, 1.82) is 0 Å². The first-order valence-corrected chi connectivity index (χ1v) is 7.82. The lowest BCUT2D eigenvalue weighted by atomic mass is 10.1. The average Bonchev–Trinajstić information content (AvgIpc) is 3.05. The van der Waals surface area contributed by atoms with Crippen molar-refractivity contribution in [2.24, 2.45) is 0 Å². The SMILES string of the molecule is CN(C)C(=O)c1cn2c(-c3ccccc3)ncc2c2ccccc12. The van der Waals surface area contributed by atoms with Crippen LogP contribution in [0.2, 0.25) is 0 Å². The number of carbonyl (C=O) groups excluding carboxylic acids is 1. The van der Waals surface area contributed by atoms with Crippen LogP contribution < -0.4 is 0 Å². The summed E-state index contributed by atoms with van der Waals surface area (Å²) in [4.78, 5) is 18.9. The summed E-state index contributed by atoms with van der Waals surface area (Å²) < 4.78 is 2.01. The number of hydrogen-bond donors (Lipinski definition) is 0. The number of aromatic nitrogens is 2. The number of carbonyl (C=O) groups is 1. The number of nitrogens with zero attached hydrogens (tertiary/aromatic N) is 3. The third-order valence-corrected chi connectivity index (χ3v) is 4.22. The summed E-state index contributed by atoms with van der Waals surface area (Å²) >= 11 is 0. The van der Waals surface area contributed by atoms with E-state index in [0.717, 1.165) is 27.7 Å². The molecule has 2 aromatic heterocycles. The first kappa shape index (κ1) is 14.5. The first-order valence-electron chi connectivity index (χ1n) is 7.82. The number of rotatable bonds is 2. The number of pyridine rings is 1. The van der Waals surface area contributed by atoms with Crippen LogP contribution in [0.1, 0.15) is 10.4 Å². The minimum atomic E-state index is -0.0131. The molecule has 0 bridgehead atoms. The summed E-state index contributed by atoms with van der Waals surface area (Å²) in [5.41, 5.74) is 2.70. The van der Waals surface area contributed by atoms with Crippen molar-refractivity contribution in [3.8, 4) is 11.4 Å². The molecule has 1 amide bonds. The highest BCUT2D eigenvalue weighted by atomic mass is 16.2. The molecule has 0 saturated heterocycles. The Hall–Kier alpha value is -3.14. The van der Waals surface area contributed by atoms with E-state index in [2.05, 4.69) is 4.98 Å². The van der Waals surface area contributed by atoms with Crippen LogP contribution in [-0.2, 0) is 0 Å². The molecule has 0 radical (unpaired) electrons. The van der Waals surface area contributed by atoms with E-state index in [-0.39, 0.29) is 5.91 Å². The van der Waals surface area contributed by atoms with Crippen molar-refractivity contribution in [2.45, 2.75) is 0 Å². The lowest BCUT2D eigenvalue weighted by Crippen LogP contribution is -2.22. The molecule has 0 aliphatic rings. The van der Waals surface area contributed by atoms with Gasteiger partial charge < -0.3 is 4.90 Å². The molecule has 0 aliphatic heterocycles. The standard InChI is InChI=1S/C20H17N3O/c1-22(2)20(24)17-13-23-18(16-11-7-6-10-15(16)17)12-21-19(23)14-8-4-3-5-9-14/h3-13H,1-2H3. The Morgan fingerprint density at radius 1 is 0.958 bits per heavy atom. The lowest BCUT2D eigenvalue weighted by molar-refractivity contribution is 0.0829. The van der Waals surface area contributed by atoms with Gasteiger partial charge >= 0.3 is 0 Å². The molecule has 0 saturated carbocycles. The maximum absolute atomic E-state index is 12.7. The van der Waals surface area contributed by atoms with E-state index in [1.165, 1.54) is 0 Å². The summed E-state index contributed by atoms with van der Waals surface area (Å²) in [5, 5.41) is 1.98. The van der Waals surface area contributed by atoms with Gasteiger partial charge in [0.05, 0.1) is 17.3 Å². The van der Waals surface area contributed by atoms with Crippen LogP contribution >= 0.6 is 0 Å². The normalized spacial score (nSPS) is 11.1. The Kier molecular flexibility index (Phi) is 3.31. The number of benzene rings is 2. The van der Waals surface area contributed by atoms with Gasteiger partial charge in [-0.1, -0.05) is 54.6 Å². The van der Waals surface area contributed by atoms with Crippen LogP contribution in [0.15, 0.2) is 67.0 Å². The molecule has 4 heteroatoms. The Bertz CT molecular complexity index is 1050. The highest BCUT2D eigenvalue weighted by molar-refractivity contribution is 6.10. The van der Waals surface area contributed by atoms with Gasteiger partial charge in [-0.15, -0.1) is 0 Å². The Morgan fingerprint density at radius 3 is 2.33 bits per heavy atom. The molecule has 4 rings (SSSR count). The summed E-state index contributed by atoms with van der Waals surface area (Å²) in [7, 11) is 3.54. The van der Waals surface area contributed by atoms with Crippen molar-refractivity contribution in [3.63, 3.8) is 0 Å². The zero-order valence-corrected chi connectivity index (χ0v) is 13.6. The number of imidazole rings is 1. The summed E-state index contributed by atoms with van der Waals surface area (Å²) in [6, 6.07) is 18.0. The van der Waals surface area contributed by atoms with Crippen LogP contribution in [0.4, 0.5) is 0 Å². The summed E-state index contributed by atoms with van der Waals surface area (Å²) in [5.74, 6) is 0.824. The second-order valence-electron chi connectivity index (χ2n) is 5.99. The molecule has 4 nitrogen and oxygen atoms in total. The molecule has 0 atom stereocenters. The molecule has 2 aromatic carbocycles. The fourth-order valence-electron chi connectivity index (χ4n) is 3.04. The minimum absolute atomic E-state index is 0.0131. The van der Waals surface area contributed by atoms with Gasteiger partial charge in [-0.25, -0.2) is 4.98 Å². The van der Waals surface area contributed by atoms with Crippen LogP contribution in [-0.4, -0.2) is 34.3 Å². The smallest absolute Gasteiger partial charge is 0.255 e. The van der Waals surface area contributed by atoms with Gasteiger partial charge in [0.25, 0.3) is 5.91 Å². The highest BCUT2D eigenvalue weighted by Crippen LogP contribution is 2.28. The van der Waals surface area contributed by atoms with E-state index in [4.69, 9.17) is 0 Å². The van der Waals surface area contributed by atoms with Crippen LogP contribution in [0.25, 0.3) is 27.7 Å². The predicted molar refractivity (Wildman–Crippen MR) is 96.2 cm³/mol. The second-order valence-corrected chi connectivity index (χ2v) is 5.99. The van der Waals surface area contributed by atoms with Crippen molar-refractivity contribution in [2.75, 3.05) is 14.1 Å². The van der Waals surface area contributed by atoms with E-state index in [0.29, 0.717) is 5.56 Å². The van der Waals surface area contributed by atoms with Crippen molar-refractivity contribution >= 4 is 22.2 Å². The maximum Gasteiger partial charge on any atom is 0.255 e. The second kappa shape index (κ2) is 5.49. The van der Waals surface area contributed by atoms with Crippen molar-refractivity contribution < 1.29 is 4.79 Å². The molecule has 0 unspecified atom stereocenters. The van der Waals surface area contributed by atoms with Gasteiger partial charge in [-0.3, -0.25) is 9.20 Å². The van der Waals surface area contributed by atoms with Crippen molar-refractivity contribution in [1.82, 2.24) is 14.3 Å². The zero-order valence-electron chi connectivity index (χ0n) is 13.6. The monoisotopic (exact) mass is 315 g/mol. The molecule has 0 spiro atoms. The topological polar surface area (TPSA) is 37.6 Å². The molecule has 0 N–H and O–H groups in total. The molecule has 2 heterocycles. The van der Waals surface area contributed by atoms with E-state index < -0.39 is 0 Å². The Labute approximate surface area is 140 Å². The molecule has 4 aromatic rings. The molecule has 24 heavy (non-hydrogen) atoms. The van der Waals surface area contributed by atoms with E-state index in [1.807, 2.05) is 71.4 Å². The van der Waals surface area contributed by atoms with E-state index in [1.54, 1.807) is 19.0 Å². The fraction of sp³-hybridized carbons (Fsp3) is 0.100. The van der Waals surface area contributed by atoms with Gasteiger partial charge in [0.1, 0.15) is 5.82 Å². The van der Waals surface area contributed by atoms with Crippen LogP contribution in [0.3, 0.4) is 0 Å². The van der Waals surface area contributed by atoms with Crippen LogP contribution in [0, 0.1) is 0 Å². The van der Waals surface area contributed by atoms with Gasteiger partial charge in [-0.2, -0.15) is 0 Å². The third kappa shape index (κ3) is 2.15. The number of amides is 1. The van der Waals surface area contributed by atoms with Gasteiger partial charge in [0.2, 0.25) is 0 Å². The minimum Gasteiger partial charge on any atom is -0.345 e. The quantitative estimate of drug-likeness (QED) is 0.563. The Morgan fingerprint density at radius 2 is 1.62 bits per heavy atom.